The molecule has 0 saturated carbocycles. The molecule has 8 nitrogen and oxygen atoms in total. The lowest BCUT2D eigenvalue weighted by atomic mass is 9.87. The van der Waals surface area contributed by atoms with Gasteiger partial charge in [0.15, 0.2) is 0 Å². The lowest BCUT2D eigenvalue weighted by Gasteiger charge is -2.27. The second kappa shape index (κ2) is 10.9. The summed E-state index contributed by atoms with van der Waals surface area (Å²) in [7, 11) is -4.32. The van der Waals surface area contributed by atoms with Crippen LogP contribution >= 0.6 is 7.82 Å². The van der Waals surface area contributed by atoms with Crippen molar-refractivity contribution in [3.8, 4) is 11.5 Å². The highest BCUT2D eigenvalue weighted by Crippen LogP contribution is 2.51. The number of benzene rings is 3. The summed E-state index contributed by atoms with van der Waals surface area (Å²) in [6.07, 6.45) is 0.125. The molecule has 168 valence electrons. The quantitative estimate of drug-likeness (QED) is 0.226. The number of para-hydroxylation sites is 2. The molecule has 0 bridgehead atoms. The Kier molecular flexibility index (Phi) is 8.00. The molecule has 0 aromatic heterocycles. The van der Waals surface area contributed by atoms with Gasteiger partial charge in [0.05, 0.1) is 0 Å². The molecule has 3 aromatic carbocycles. The van der Waals surface area contributed by atoms with Crippen molar-refractivity contribution in [2.45, 2.75) is 18.4 Å². The molecule has 0 aliphatic heterocycles. The smallest absolute Gasteiger partial charge is 0.396 e. The van der Waals surface area contributed by atoms with Crippen LogP contribution in [0.2, 0.25) is 0 Å². The maximum Gasteiger partial charge on any atom is 0.587 e. The van der Waals surface area contributed by atoms with Crippen molar-refractivity contribution in [1.29, 1.82) is 0 Å². The molecule has 0 heterocycles. The summed E-state index contributed by atoms with van der Waals surface area (Å²) >= 11 is 0. The molecule has 0 fully saturated rings. The Morgan fingerprint density at radius 3 is 1.75 bits per heavy atom. The zero-order valence-corrected chi connectivity index (χ0v) is 18.2. The van der Waals surface area contributed by atoms with Gasteiger partial charge in [-0.3, -0.25) is 14.6 Å². The number of phosphoric acid groups is 1. The minimum atomic E-state index is -4.32. The van der Waals surface area contributed by atoms with Gasteiger partial charge in [-0.15, -0.1) is 0 Å². The van der Waals surface area contributed by atoms with E-state index in [0.717, 1.165) is 0 Å². The van der Waals surface area contributed by atoms with Crippen molar-refractivity contribution >= 4 is 7.82 Å². The third-order valence-corrected chi connectivity index (χ3v) is 6.11. The molecule has 1 N–H and O–H groups in total. The van der Waals surface area contributed by atoms with Crippen LogP contribution in [0.25, 0.3) is 0 Å². The Bertz CT molecular complexity index is 988. The molecule has 0 spiro atoms. The van der Waals surface area contributed by atoms with Gasteiger partial charge in [0, 0.05) is 23.5 Å². The summed E-state index contributed by atoms with van der Waals surface area (Å²) in [4.78, 5) is 11.8. The highest BCUT2D eigenvalue weighted by Gasteiger charge is 2.48. The van der Waals surface area contributed by atoms with Crippen LogP contribution in [0.5, 0.6) is 11.5 Å². The van der Waals surface area contributed by atoms with Crippen LogP contribution < -0.4 is 9.05 Å². The van der Waals surface area contributed by atoms with Gasteiger partial charge in [0.2, 0.25) is 0 Å². The first-order valence-electron chi connectivity index (χ1n) is 10.0. The molecule has 3 rings (SSSR count). The number of nitro groups is 1. The van der Waals surface area contributed by atoms with E-state index in [1.54, 1.807) is 91.0 Å². The zero-order chi connectivity index (χ0) is 22.9. The summed E-state index contributed by atoms with van der Waals surface area (Å²) < 4.78 is 30.3. The highest BCUT2D eigenvalue weighted by molar-refractivity contribution is 7.49. The summed E-state index contributed by atoms with van der Waals surface area (Å²) in [6.45, 7) is -0.817. The van der Waals surface area contributed by atoms with E-state index in [1.165, 1.54) is 0 Å². The number of hydrogen-bond acceptors (Lipinski definition) is 7. The summed E-state index contributed by atoms with van der Waals surface area (Å²) in [5, 5.41) is 21.5. The van der Waals surface area contributed by atoms with Crippen LogP contribution in [0.1, 0.15) is 18.4 Å². The van der Waals surface area contributed by atoms with Crippen LogP contribution in [0.15, 0.2) is 91.0 Å². The van der Waals surface area contributed by atoms with Crippen molar-refractivity contribution < 1.29 is 28.2 Å². The Balaban J connectivity index is 1.93. The monoisotopic (exact) mass is 457 g/mol. The molecule has 32 heavy (non-hydrogen) atoms. The molecule has 0 aliphatic rings. The Labute approximate surface area is 186 Å². The van der Waals surface area contributed by atoms with Crippen LogP contribution in [0, 0.1) is 10.1 Å². The number of rotatable bonds is 12. The second-order valence-corrected chi connectivity index (χ2v) is 8.53. The van der Waals surface area contributed by atoms with Gasteiger partial charge < -0.3 is 14.2 Å². The third-order valence-electron chi connectivity index (χ3n) is 4.79. The lowest BCUT2D eigenvalue weighted by Crippen LogP contribution is -2.40. The van der Waals surface area contributed by atoms with E-state index in [1.807, 2.05) is 0 Å². The highest BCUT2D eigenvalue weighted by atomic mass is 31.2. The van der Waals surface area contributed by atoms with Gasteiger partial charge in [0.1, 0.15) is 18.1 Å². The summed E-state index contributed by atoms with van der Waals surface area (Å²) in [6, 6.07) is 24.9. The number of aliphatic hydroxyl groups is 1. The fourth-order valence-electron chi connectivity index (χ4n) is 3.15. The first kappa shape index (κ1) is 23.5. The first-order valence-corrected chi connectivity index (χ1v) is 11.5. The van der Waals surface area contributed by atoms with Crippen LogP contribution in [-0.2, 0) is 14.6 Å². The standard InChI is InChI=1S/C23H24NO7P/c25-18-10-17-23(24(26)27,20-11-4-1-5-12-20)19-29-32(28,30-21-13-6-2-7-14-21)31-22-15-8-3-9-16-22/h1-9,11-16,25H,10,17-19H2. The van der Waals surface area contributed by atoms with Crippen molar-refractivity contribution in [1.82, 2.24) is 0 Å². The normalized spacial score (nSPS) is 13.2. The maximum atomic E-state index is 13.6. The number of aliphatic hydroxyl groups excluding tert-OH is 1. The lowest BCUT2D eigenvalue weighted by molar-refractivity contribution is -0.584. The summed E-state index contributed by atoms with van der Waals surface area (Å²) in [5.74, 6) is 0.460. The van der Waals surface area contributed by atoms with Crippen LogP contribution in [-0.4, -0.2) is 23.2 Å². The van der Waals surface area contributed by atoms with Gasteiger partial charge in [-0.1, -0.05) is 66.7 Å². The molecule has 3 aromatic rings. The average Bonchev–Trinajstić information content (AvgIpc) is 2.81. The SMILES string of the molecule is O=[N+]([O-])C(CCCO)(COP(=O)(Oc1ccccc1)Oc1ccccc1)c1ccccc1. The number of hydrogen-bond donors (Lipinski definition) is 1. The third kappa shape index (κ3) is 5.95. The molecule has 9 heteroatoms. The fourth-order valence-corrected chi connectivity index (χ4v) is 4.42. The molecule has 1 unspecified atom stereocenters. The topological polar surface area (TPSA) is 108 Å². The Morgan fingerprint density at radius 2 is 1.31 bits per heavy atom. The zero-order valence-electron chi connectivity index (χ0n) is 17.3. The van der Waals surface area contributed by atoms with E-state index >= 15 is 0 Å². The van der Waals surface area contributed by atoms with E-state index in [2.05, 4.69) is 0 Å². The van der Waals surface area contributed by atoms with Crippen molar-refractivity contribution in [2.75, 3.05) is 13.2 Å². The minimum Gasteiger partial charge on any atom is -0.396 e. The molecule has 0 amide bonds. The second-order valence-electron chi connectivity index (χ2n) is 7.01. The van der Waals surface area contributed by atoms with E-state index in [-0.39, 0.29) is 30.9 Å². The molecule has 0 aliphatic carbocycles. The van der Waals surface area contributed by atoms with Crippen LogP contribution in [0.3, 0.4) is 0 Å². The van der Waals surface area contributed by atoms with Gasteiger partial charge in [-0.2, -0.15) is 0 Å². The van der Waals surface area contributed by atoms with Crippen molar-refractivity contribution in [3.05, 3.63) is 107 Å². The molecular formula is C23H24NO7P. The number of nitrogens with zero attached hydrogens (tertiary/aromatic N) is 1. The molecule has 0 radical (unpaired) electrons. The molecule has 1 atom stereocenters. The van der Waals surface area contributed by atoms with E-state index < -0.39 is 24.9 Å². The van der Waals surface area contributed by atoms with Gasteiger partial charge >= 0.3 is 7.82 Å². The van der Waals surface area contributed by atoms with Gasteiger partial charge in [0.25, 0.3) is 5.54 Å². The predicted molar refractivity (Wildman–Crippen MR) is 119 cm³/mol. The number of phosphoric ester groups is 1. The fraction of sp³-hybridized carbons (Fsp3) is 0.217. The van der Waals surface area contributed by atoms with Crippen LogP contribution in [0.4, 0.5) is 0 Å². The molecule has 0 saturated heterocycles. The average molecular weight is 457 g/mol. The van der Waals surface area contributed by atoms with Gasteiger partial charge in [-0.05, 0) is 30.7 Å². The molecular weight excluding hydrogens is 433 g/mol. The summed E-state index contributed by atoms with van der Waals surface area (Å²) in [5.41, 5.74) is -1.39. The van der Waals surface area contributed by atoms with E-state index in [9.17, 15) is 19.8 Å². The van der Waals surface area contributed by atoms with E-state index in [0.29, 0.717) is 5.56 Å². The Hall–Kier alpha value is -3.19. The van der Waals surface area contributed by atoms with E-state index in [4.69, 9.17) is 13.6 Å². The first-order chi connectivity index (χ1) is 15.5. The van der Waals surface area contributed by atoms with Crippen molar-refractivity contribution in [2.24, 2.45) is 0 Å². The van der Waals surface area contributed by atoms with Crippen molar-refractivity contribution in [3.63, 3.8) is 0 Å². The maximum absolute atomic E-state index is 13.6. The predicted octanol–water partition coefficient (Wildman–Crippen LogP) is 5.21. The largest absolute Gasteiger partial charge is 0.587 e. The minimum absolute atomic E-state index is 0.0306. The van der Waals surface area contributed by atoms with Gasteiger partial charge in [-0.25, -0.2) is 4.57 Å². The Morgan fingerprint density at radius 1 is 0.844 bits per heavy atom.